The van der Waals surface area contributed by atoms with Crippen LogP contribution in [0.2, 0.25) is 0 Å². The summed E-state index contributed by atoms with van der Waals surface area (Å²) in [6.45, 7) is 12.4. The molecule has 0 spiro atoms. The Morgan fingerprint density at radius 3 is 2.27 bits per heavy atom. The van der Waals surface area contributed by atoms with E-state index < -0.39 is 0 Å². The third kappa shape index (κ3) is 5.17. The fraction of sp³-hybridized carbons (Fsp3) is 0.917. The summed E-state index contributed by atoms with van der Waals surface area (Å²) in [5, 5.41) is 3.32. The van der Waals surface area contributed by atoms with Crippen LogP contribution in [0, 0.1) is 17.3 Å². The predicted molar refractivity (Wildman–Crippen MR) is 62.7 cm³/mol. The number of rotatable bonds is 6. The van der Waals surface area contributed by atoms with Gasteiger partial charge in [0.15, 0.2) is 0 Å². The van der Waals surface area contributed by atoms with Crippen LogP contribution in [0.25, 0.3) is 0 Å². The molecule has 0 aromatic carbocycles. The standard InChI is InChI=1S/C12H25NO2/c1-9(2)12(4,5)8-13-7-10(3)11(14)15-6/h9-10,13H,7-8H2,1-6H3. The molecule has 0 saturated carbocycles. The summed E-state index contributed by atoms with van der Waals surface area (Å²) in [5.41, 5.74) is 0.260. The number of nitrogens with one attached hydrogen (secondary N) is 1. The zero-order valence-corrected chi connectivity index (χ0v) is 10.9. The summed E-state index contributed by atoms with van der Waals surface area (Å²) in [5.74, 6) is 0.404. The maximum Gasteiger partial charge on any atom is 0.309 e. The minimum atomic E-state index is -0.148. The van der Waals surface area contributed by atoms with Crippen molar-refractivity contribution in [3.05, 3.63) is 0 Å². The Kier molecular flexibility index (Phi) is 5.88. The molecule has 0 saturated heterocycles. The Morgan fingerprint density at radius 2 is 1.87 bits per heavy atom. The lowest BCUT2D eigenvalue weighted by atomic mass is 9.81. The third-order valence-electron chi connectivity index (χ3n) is 3.20. The first kappa shape index (κ1) is 14.4. The van der Waals surface area contributed by atoms with E-state index in [1.807, 2.05) is 6.92 Å². The number of carbonyl (C=O) groups is 1. The van der Waals surface area contributed by atoms with Crippen molar-refractivity contribution in [1.82, 2.24) is 5.32 Å². The van der Waals surface area contributed by atoms with Crippen LogP contribution >= 0.6 is 0 Å². The van der Waals surface area contributed by atoms with Crippen LogP contribution in [0.5, 0.6) is 0 Å². The quantitative estimate of drug-likeness (QED) is 0.689. The second-order valence-electron chi connectivity index (χ2n) is 5.20. The predicted octanol–water partition coefficient (Wildman–Crippen LogP) is 2.07. The zero-order chi connectivity index (χ0) is 12.1. The summed E-state index contributed by atoms with van der Waals surface area (Å²) in [7, 11) is 1.43. The van der Waals surface area contributed by atoms with Crippen LogP contribution in [0.3, 0.4) is 0 Å². The molecule has 0 aromatic heterocycles. The van der Waals surface area contributed by atoms with Crippen molar-refractivity contribution in [3.8, 4) is 0 Å². The number of esters is 1. The number of ether oxygens (including phenoxy) is 1. The van der Waals surface area contributed by atoms with Gasteiger partial charge in [-0.3, -0.25) is 4.79 Å². The molecule has 1 atom stereocenters. The average molecular weight is 215 g/mol. The van der Waals surface area contributed by atoms with E-state index in [1.54, 1.807) is 0 Å². The van der Waals surface area contributed by atoms with E-state index in [4.69, 9.17) is 0 Å². The minimum Gasteiger partial charge on any atom is -0.469 e. The van der Waals surface area contributed by atoms with E-state index in [0.29, 0.717) is 12.5 Å². The van der Waals surface area contributed by atoms with Crippen molar-refractivity contribution >= 4 is 5.97 Å². The molecule has 1 N–H and O–H groups in total. The fourth-order valence-corrected chi connectivity index (χ4v) is 1.10. The van der Waals surface area contributed by atoms with Gasteiger partial charge in [0.05, 0.1) is 13.0 Å². The van der Waals surface area contributed by atoms with Gasteiger partial charge in [-0.2, -0.15) is 0 Å². The van der Waals surface area contributed by atoms with Crippen molar-refractivity contribution in [1.29, 1.82) is 0 Å². The highest BCUT2D eigenvalue weighted by Crippen LogP contribution is 2.24. The van der Waals surface area contributed by atoms with Gasteiger partial charge >= 0.3 is 5.97 Å². The second-order valence-corrected chi connectivity index (χ2v) is 5.20. The number of methoxy groups -OCH3 is 1. The molecule has 0 aliphatic heterocycles. The molecule has 0 aliphatic carbocycles. The molecular formula is C12H25NO2. The number of carbonyl (C=O) groups excluding carboxylic acids is 1. The summed E-state index contributed by atoms with van der Waals surface area (Å²) in [4.78, 5) is 11.1. The Hall–Kier alpha value is -0.570. The molecule has 3 heteroatoms. The maximum atomic E-state index is 11.1. The van der Waals surface area contributed by atoms with Crippen molar-refractivity contribution in [3.63, 3.8) is 0 Å². The lowest BCUT2D eigenvalue weighted by Crippen LogP contribution is -2.37. The van der Waals surface area contributed by atoms with E-state index in [1.165, 1.54) is 7.11 Å². The average Bonchev–Trinajstić information content (AvgIpc) is 2.15. The van der Waals surface area contributed by atoms with Crippen LogP contribution in [-0.4, -0.2) is 26.2 Å². The Morgan fingerprint density at radius 1 is 1.33 bits per heavy atom. The molecule has 0 radical (unpaired) electrons. The van der Waals surface area contributed by atoms with Gasteiger partial charge in [-0.15, -0.1) is 0 Å². The topological polar surface area (TPSA) is 38.3 Å². The van der Waals surface area contributed by atoms with Crippen LogP contribution in [0.15, 0.2) is 0 Å². The Labute approximate surface area is 93.6 Å². The Bertz CT molecular complexity index is 200. The molecule has 0 amide bonds. The molecule has 0 aliphatic rings. The molecule has 0 heterocycles. The monoisotopic (exact) mass is 215 g/mol. The first-order chi connectivity index (χ1) is 6.81. The molecule has 1 unspecified atom stereocenters. The first-order valence-corrected chi connectivity index (χ1v) is 5.59. The van der Waals surface area contributed by atoms with E-state index >= 15 is 0 Å². The van der Waals surface area contributed by atoms with Crippen molar-refractivity contribution in [2.45, 2.75) is 34.6 Å². The highest BCUT2D eigenvalue weighted by atomic mass is 16.5. The van der Waals surface area contributed by atoms with Crippen LogP contribution < -0.4 is 5.32 Å². The summed E-state index contributed by atoms with van der Waals surface area (Å²) < 4.78 is 4.66. The third-order valence-corrected chi connectivity index (χ3v) is 3.20. The molecular weight excluding hydrogens is 190 g/mol. The van der Waals surface area contributed by atoms with Crippen molar-refractivity contribution in [2.24, 2.45) is 17.3 Å². The largest absolute Gasteiger partial charge is 0.469 e. The van der Waals surface area contributed by atoms with Gasteiger partial charge in [0.2, 0.25) is 0 Å². The lowest BCUT2D eigenvalue weighted by molar-refractivity contribution is -0.144. The summed E-state index contributed by atoms with van der Waals surface area (Å²) in [6.07, 6.45) is 0. The van der Waals surface area contributed by atoms with Gasteiger partial charge in [0.1, 0.15) is 0 Å². The van der Waals surface area contributed by atoms with E-state index in [-0.39, 0.29) is 17.3 Å². The molecule has 0 bridgehead atoms. The lowest BCUT2D eigenvalue weighted by Gasteiger charge is -2.29. The van der Waals surface area contributed by atoms with Crippen LogP contribution in [0.1, 0.15) is 34.6 Å². The van der Waals surface area contributed by atoms with E-state index in [2.05, 4.69) is 37.7 Å². The van der Waals surface area contributed by atoms with Crippen molar-refractivity contribution < 1.29 is 9.53 Å². The van der Waals surface area contributed by atoms with E-state index in [0.717, 1.165) is 6.54 Å². The van der Waals surface area contributed by atoms with Gasteiger partial charge in [0.25, 0.3) is 0 Å². The smallest absolute Gasteiger partial charge is 0.309 e. The summed E-state index contributed by atoms with van der Waals surface area (Å²) in [6, 6.07) is 0. The zero-order valence-electron chi connectivity index (χ0n) is 10.9. The highest BCUT2D eigenvalue weighted by molar-refractivity contribution is 5.71. The molecule has 3 nitrogen and oxygen atoms in total. The van der Waals surface area contributed by atoms with Gasteiger partial charge in [-0.1, -0.05) is 34.6 Å². The van der Waals surface area contributed by atoms with Gasteiger partial charge in [0, 0.05) is 13.1 Å². The minimum absolute atomic E-state index is 0.0713. The fourth-order valence-electron chi connectivity index (χ4n) is 1.10. The molecule has 90 valence electrons. The molecule has 0 fully saturated rings. The van der Waals surface area contributed by atoms with Gasteiger partial charge in [-0.25, -0.2) is 0 Å². The first-order valence-electron chi connectivity index (χ1n) is 5.59. The molecule has 15 heavy (non-hydrogen) atoms. The summed E-state index contributed by atoms with van der Waals surface area (Å²) >= 11 is 0. The molecule has 0 rings (SSSR count). The maximum absolute atomic E-state index is 11.1. The highest BCUT2D eigenvalue weighted by Gasteiger charge is 2.22. The van der Waals surface area contributed by atoms with Gasteiger partial charge < -0.3 is 10.1 Å². The number of hydrogen-bond acceptors (Lipinski definition) is 3. The second kappa shape index (κ2) is 6.11. The molecule has 0 aromatic rings. The van der Waals surface area contributed by atoms with Crippen LogP contribution in [0.4, 0.5) is 0 Å². The van der Waals surface area contributed by atoms with Crippen LogP contribution in [-0.2, 0) is 9.53 Å². The van der Waals surface area contributed by atoms with E-state index in [9.17, 15) is 4.79 Å². The SMILES string of the molecule is COC(=O)C(C)CNCC(C)(C)C(C)C. The number of hydrogen-bond donors (Lipinski definition) is 1. The normalized spacial score (nSPS) is 14.1. The van der Waals surface area contributed by atoms with Crippen molar-refractivity contribution in [2.75, 3.05) is 20.2 Å². The van der Waals surface area contributed by atoms with Gasteiger partial charge in [-0.05, 0) is 11.3 Å². The Balaban J connectivity index is 3.84.